The molecular weight excluding hydrogens is 385 g/mol. The molecule has 25 heavy (non-hydrogen) atoms. The fourth-order valence-corrected chi connectivity index (χ4v) is 2.74. The third kappa shape index (κ3) is 4.66. The zero-order valence-electron chi connectivity index (χ0n) is 12.7. The molecule has 0 spiro atoms. The number of aromatic nitrogens is 2. The summed E-state index contributed by atoms with van der Waals surface area (Å²) >= 11 is 17.8. The summed E-state index contributed by atoms with van der Waals surface area (Å²) in [5, 5.41) is 8.18. The van der Waals surface area contributed by atoms with E-state index in [1.165, 1.54) is 12.3 Å². The van der Waals surface area contributed by atoms with Crippen molar-refractivity contribution in [3.8, 4) is 5.75 Å². The first-order valence-corrected chi connectivity index (χ1v) is 8.32. The van der Waals surface area contributed by atoms with Gasteiger partial charge in [0, 0.05) is 10.0 Å². The molecule has 8 heteroatoms. The number of halogens is 3. The minimum atomic E-state index is -0.350. The topological polar surface area (TPSA) is 56.2 Å². The lowest BCUT2D eigenvalue weighted by atomic mass is 10.2. The summed E-state index contributed by atoms with van der Waals surface area (Å²) in [4.78, 5) is 12.3. The van der Waals surface area contributed by atoms with Crippen molar-refractivity contribution in [3.63, 3.8) is 0 Å². The Kier molecular flexibility index (Phi) is 5.48. The Morgan fingerprint density at radius 1 is 1.12 bits per heavy atom. The van der Waals surface area contributed by atoms with Crippen LogP contribution >= 0.6 is 34.8 Å². The van der Waals surface area contributed by atoms with E-state index >= 15 is 0 Å². The van der Waals surface area contributed by atoms with Crippen molar-refractivity contribution in [3.05, 3.63) is 75.5 Å². The molecule has 2 aromatic carbocycles. The molecule has 0 aliphatic carbocycles. The van der Waals surface area contributed by atoms with Gasteiger partial charge in [-0.1, -0.05) is 40.9 Å². The quantitative estimate of drug-likeness (QED) is 0.650. The van der Waals surface area contributed by atoms with Gasteiger partial charge in [0.15, 0.2) is 6.73 Å². The van der Waals surface area contributed by atoms with E-state index in [4.69, 9.17) is 39.5 Å². The fourth-order valence-electron chi connectivity index (χ4n) is 2.07. The van der Waals surface area contributed by atoms with Crippen LogP contribution in [0.2, 0.25) is 15.1 Å². The van der Waals surface area contributed by atoms with Crippen LogP contribution in [-0.2, 0) is 6.73 Å². The van der Waals surface area contributed by atoms with Crippen LogP contribution in [0.15, 0.2) is 54.9 Å². The minimum absolute atomic E-state index is 0.178. The molecule has 3 rings (SSSR count). The van der Waals surface area contributed by atoms with E-state index in [2.05, 4.69) is 10.4 Å². The van der Waals surface area contributed by atoms with Gasteiger partial charge in [-0.15, -0.1) is 0 Å². The molecule has 0 bridgehead atoms. The molecule has 0 fully saturated rings. The number of nitrogens with one attached hydrogen (secondary N) is 1. The number of hydrogen-bond acceptors (Lipinski definition) is 3. The molecule has 0 aliphatic rings. The predicted molar refractivity (Wildman–Crippen MR) is 98.7 cm³/mol. The smallest absolute Gasteiger partial charge is 0.257 e. The van der Waals surface area contributed by atoms with Crippen LogP contribution in [0.1, 0.15) is 10.4 Å². The number of hydrogen-bond donors (Lipinski definition) is 1. The van der Waals surface area contributed by atoms with E-state index in [1.807, 2.05) is 0 Å². The fraction of sp³-hybridized carbons (Fsp3) is 0.0588. The first-order chi connectivity index (χ1) is 12.0. The van der Waals surface area contributed by atoms with Gasteiger partial charge < -0.3 is 10.1 Å². The Balaban J connectivity index is 1.62. The minimum Gasteiger partial charge on any atom is -0.471 e. The van der Waals surface area contributed by atoms with Gasteiger partial charge in [-0.3, -0.25) is 4.79 Å². The Hall–Kier alpha value is -2.21. The first-order valence-electron chi connectivity index (χ1n) is 7.18. The highest BCUT2D eigenvalue weighted by Gasteiger charge is 2.12. The highest BCUT2D eigenvalue weighted by Crippen LogP contribution is 2.22. The number of amides is 1. The molecule has 3 aromatic rings. The average molecular weight is 397 g/mol. The van der Waals surface area contributed by atoms with Crippen molar-refractivity contribution < 1.29 is 9.53 Å². The molecule has 0 atom stereocenters. The molecule has 0 saturated heterocycles. The SMILES string of the molecule is O=C(Nc1cnn(COc2cccc(Cl)c2)c1)c1ccc(Cl)cc1Cl. The standard InChI is InChI=1S/C17H12Cl3N3O2/c18-11-2-1-3-14(6-11)25-10-23-9-13(8-21-23)22-17(24)15-5-4-12(19)7-16(15)20/h1-9H,10H2,(H,22,24). The Morgan fingerprint density at radius 2 is 1.92 bits per heavy atom. The van der Waals surface area contributed by atoms with Crippen molar-refractivity contribution in [2.75, 3.05) is 5.32 Å². The summed E-state index contributed by atoms with van der Waals surface area (Å²) in [6, 6.07) is 11.7. The molecule has 1 heterocycles. The molecular formula is C17H12Cl3N3O2. The molecule has 1 N–H and O–H groups in total. The van der Waals surface area contributed by atoms with Crippen LogP contribution in [0, 0.1) is 0 Å². The number of carbonyl (C=O) groups is 1. The molecule has 1 amide bonds. The molecule has 0 saturated carbocycles. The number of anilines is 1. The second-order valence-corrected chi connectivity index (χ2v) is 6.36. The van der Waals surface area contributed by atoms with Crippen molar-refractivity contribution in [1.82, 2.24) is 9.78 Å². The Morgan fingerprint density at radius 3 is 2.68 bits per heavy atom. The number of carbonyl (C=O) groups excluding carboxylic acids is 1. The maximum absolute atomic E-state index is 12.3. The monoisotopic (exact) mass is 395 g/mol. The summed E-state index contributed by atoms with van der Waals surface area (Å²) in [6.07, 6.45) is 3.16. The summed E-state index contributed by atoms with van der Waals surface area (Å²) in [5.74, 6) is 0.276. The van der Waals surface area contributed by atoms with E-state index < -0.39 is 0 Å². The van der Waals surface area contributed by atoms with Gasteiger partial charge in [-0.25, -0.2) is 4.68 Å². The van der Waals surface area contributed by atoms with Crippen LogP contribution < -0.4 is 10.1 Å². The maximum atomic E-state index is 12.3. The lowest BCUT2D eigenvalue weighted by Gasteiger charge is -2.06. The summed E-state index contributed by atoms with van der Waals surface area (Å²) in [7, 11) is 0. The number of rotatable bonds is 5. The second kappa shape index (κ2) is 7.78. The first kappa shape index (κ1) is 17.6. The number of benzene rings is 2. The molecule has 5 nitrogen and oxygen atoms in total. The van der Waals surface area contributed by atoms with Crippen molar-refractivity contribution in [2.24, 2.45) is 0 Å². The van der Waals surface area contributed by atoms with E-state index in [0.717, 1.165) is 0 Å². The van der Waals surface area contributed by atoms with E-state index in [-0.39, 0.29) is 17.7 Å². The van der Waals surface area contributed by atoms with Crippen LogP contribution in [0.4, 0.5) is 5.69 Å². The number of ether oxygens (including phenoxy) is 1. The van der Waals surface area contributed by atoms with Gasteiger partial charge in [0.25, 0.3) is 5.91 Å². The largest absolute Gasteiger partial charge is 0.471 e. The van der Waals surface area contributed by atoms with E-state index in [9.17, 15) is 4.79 Å². The third-order valence-electron chi connectivity index (χ3n) is 3.23. The maximum Gasteiger partial charge on any atom is 0.257 e. The van der Waals surface area contributed by atoms with Crippen molar-refractivity contribution in [1.29, 1.82) is 0 Å². The van der Waals surface area contributed by atoms with Crippen LogP contribution in [0.5, 0.6) is 5.75 Å². The summed E-state index contributed by atoms with van der Waals surface area (Å²) < 4.78 is 7.12. The van der Waals surface area contributed by atoms with Crippen LogP contribution in [0.25, 0.3) is 0 Å². The lowest BCUT2D eigenvalue weighted by molar-refractivity contribution is 0.102. The zero-order valence-corrected chi connectivity index (χ0v) is 15.0. The van der Waals surface area contributed by atoms with Gasteiger partial charge in [-0.05, 0) is 36.4 Å². The Labute approximate surface area is 159 Å². The normalized spacial score (nSPS) is 10.5. The van der Waals surface area contributed by atoms with Crippen LogP contribution in [0.3, 0.4) is 0 Å². The van der Waals surface area contributed by atoms with Gasteiger partial charge >= 0.3 is 0 Å². The highest BCUT2D eigenvalue weighted by atomic mass is 35.5. The number of nitrogens with zero attached hydrogens (tertiary/aromatic N) is 2. The lowest BCUT2D eigenvalue weighted by Crippen LogP contribution is -2.12. The summed E-state index contributed by atoms with van der Waals surface area (Å²) in [6.45, 7) is 0.178. The van der Waals surface area contributed by atoms with E-state index in [1.54, 1.807) is 47.3 Å². The molecule has 128 valence electrons. The molecule has 0 aliphatic heterocycles. The van der Waals surface area contributed by atoms with Gasteiger partial charge in [0.05, 0.1) is 28.7 Å². The van der Waals surface area contributed by atoms with Gasteiger partial charge in [0.2, 0.25) is 0 Å². The van der Waals surface area contributed by atoms with E-state index in [0.29, 0.717) is 27.0 Å². The summed E-state index contributed by atoms with van der Waals surface area (Å²) in [5.41, 5.74) is 0.847. The Bertz CT molecular complexity index is 912. The molecule has 0 unspecified atom stereocenters. The van der Waals surface area contributed by atoms with Crippen molar-refractivity contribution >= 4 is 46.4 Å². The predicted octanol–water partition coefficient (Wildman–Crippen LogP) is 5.13. The zero-order chi connectivity index (χ0) is 17.8. The van der Waals surface area contributed by atoms with Gasteiger partial charge in [0.1, 0.15) is 5.75 Å². The van der Waals surface area contributed by atoms with Gasteiger partial charge in [-0.2, -0.15) is 5.10 Å². The van der Waals surface area contributed by atoms with Crippen LogP contribution in [-0.4, -0.2) is 15.7 Å². The molecule has 1 aromatic heterocycles. The average Bonchev–Trinajstić information content (AvgIpc) is 3.00. The second-order valence-electron chi connectivity index (χ2n) is 5.08. The third-order valence-corrected chi connectivity index (χ3v) is 4.01. The molecule has 0 radical (unpaired) electrons. The highest BCUT2D eigenvalue weighted by molar-refractivity contribution is 6.37. The van der Waals surface area contributed by atoms with Crippen molar-refractivity contribution in [2.45, 2.75) is 6.73 Å².